The number of carbonyl (C=O) groups excluding carboxylic acids is 1. The third-order valence-corrected chi connectivity index (χ3v) is 4.71. The number of likely N-dealkylation sites (N-methyl/N-ethyl adjacent to an activating group) is 1. The number of nitrogens with two attached hydrogens (primary N) is 1. The van der Waals surface area contributed by atoms with E-state index in [0.717, 1.165) is 12.7 Å². The van der Waals surface area contributed by atoms with Crippen molar-refractivity contribution in [3.63, 3.8) is 0 Å². The fourth-order valence-corrected chi connectivity index (χ4v) is 2.14. The van der Waals surface area contributed by atoms with E-state index in [0.29, 0.717) is 0 Å². The normalized spacial score (nSPS) is 16.6. The summed E-state index contributed by atoms with van der Waals surface area (Å²) in [5.41, 5.74) is 5.81. The highest BCUT2D eigenvalue weighted by Crippen LogP contribution is 2.09. The maximum absolute atomic E-state index is 11.9. The van der Waals surface area contributed by atoms with Gasteiger partial charge in [0, 0.05) is 13.6 Å². The van der Waals surface area contributed by atoms with Crippen LogP contribution in [0.1, 0.15) is 34.1 Å². The van der Waals surface area contributed by atoms with Crippen molar-refractivity contribution in [1.82, 2.24) is 4.31 Å². The molecule has 0 fully saturated rings. The minimum absolute atomic E-state index is 0.0238. The third kappa shape index (κ3) is 8.07. The van der Waals surface area contributed by atoms with Crippen LogP contribution in [-0.2, 0) is 24.3 Å². The number of ether oxygens (including phenoxy) is 2. The van der Waals surface area contributed by atoms with Crippen LogP contribution >= 0.6 is 0 Å². The van der Waals surface area contributed by atoms with Crippen LogP contribution in [0.4, 0.5) is 0 Å². The molecule has 22 heavy (non-hydrogen) atoms. The molecule has 0 saturated heterocycles. The molecule has 0 spiro atoms. The Morgan fingerprint density at radius 1 is 1.27 bits per heavy atom. The number of carbonyl (C=O) groups is 1. The van der Waals surface area contributed by atoms with Gasteiger partial charge in [0.15, 0.2) is 0 Å². The number of nitrogens with zero attached hydrogens (tertiary/aromatic N) is 1. The lowest BCUT2D eigenvalue weighted by atomic mass is 10.0. The monoisotopic (exact) mass is 338 g/mol. The molecule has 0 heterocycles. The molecule has 0 aliphatic carbocycles. The first-order valence-electron chi connectivity index (χ1n) is 7.48. The van der Waals surface area contributed by atoms with Gasteiger partial charge in [-0.05, 0) is 19.8 Å². The molecule has 7 nitrogen and oxygen atoms in total. The number of sulfonamides is 1. The Morgan fingerprint density at radius 2 is 1.82 bits per heavy atom. The van der Waals surface area contributed by atoms with Crippen LogP contribution in [0.5, 0.6) is 0 Å². The van der Waals surface area contributed by atoms with E-state index in [1.54, 1.807) is 0 Å². The summed E-state index contributed by atoms with van der Waals surface area (Å²) in [4.78, 5) is 11.9. The van der Waals surface area contributed by atoms with Gasteiger partial charge < -0.3 is 15.2 Å². The van der Waals surface area contributed by atoms with Crippen LogP contribution in [0.3, 0.4) is 0 Å². The van der Waals surface area contributed by atoms with Crippen molar-refractivity contribution >= 4 is 16.0 Å². The van der Waals surface area contributed by atoms with Gasteiger partial charge in [-0.15, -0.1) is 0 Å². The minimum Gasteiger partial charge on any atom is -0.462 e. The van der Waals surface area contributed by atoms with E-state index in [2.05, 4.69) is 0 Å². The van der Waals surface area contributed by atoms with E-state index >= 15 is 0 Å². The highest BCUT2D eigenvalue weighted by molar-refractivity contribution is 7.88. The highest BCUT2D eigenvalue weighted by Gasteiger charge is 2.24. The maximum Gasteiger partial charge on any atom is 0.323 e. The van der Waals surface area contributed by atoms with Crippen LogP contribution < -0.4 is 5.73 Å². The summed E-state index contributed by atoms with van der Waals surface area (Å²) in [7, 11) is -1.86. The fraction of sp³-hybridized carbons (Fsp3) is 0.929. The van der Waals surface area contributed by atoms with Crippen LogP contribution in [0.15, 0.2) is 0 Å². The van der Waals surface area contributed by atoms with Gasteiger partial charge in [0.1, 0.15) is 18.8 Å². The second-order valence-electron chi connectivity index (χ2n) is 5.89. The first-order valence-corrected chi connectivity index (χ1v) is 9.32. The highest BCUT2D eigenvalue weighted by atomic mass is 32.2. The summed E-state index contributed by atoms with van der Waals surface area (Å²) in [6.45, 7) is 7.58. The quantitative estimate of drug-likeness (QED) is 0.585. The summed E-state index contributed by atoms with van der Waals surface area (Å²) in [6.07, 6.45) is 1.25. The van der Waals surface area contributed by atoms with Gasteiger partial charge in [0.25, 0.3) is 0 Å². The molecule has 0 amide bonds. The van der Waals surface area contributed by atoms with Gasteiger partial charge in [-0.1, -0.05) is 20.3 Å². The topological polar surface area (TPSA) is 98.9 Å². The molecule has 3 atom stereocenters. The average Bonchev–Trinajstić information content (AvgIpc) is 2.40. The van der Waals surface area contributed by atoms with E-state index in [1.165, 1.54) is 11.4 Å². The fourth-order valence-electron chi connectivity index (χ4n) is 1.70. The molecule has 0 rings (SSSR count). The van der Waals surface area contributed by atoms with E-state index in [-0.39, 0.29) is 25.2 Å². The summed E-state index contributed by atoms with van der Waals surface area (Å²) >= 11 is 0. The second-order valence-corrected chi connectivity index (χ2v) is 7.98. The van der Waals surface area contributed by atoms with E-state index in [4.69, 9.17) is 15.2 Å². The van der Waals surface area contributed by atoms with E-state index in [9.17, 15) is 13.2 Å². The molecule has 0 aromatic rings. The zero-order valence-corrected chi connectivity index (χ0v) is 15.2. The lowest BCUT2D eigenvalue weighted by Gasteiger charge is -2.25. The molecule has 0 unspecified atom stereocenters. The van der Waals surface area contributed by atoms with E-state index < -0.39 is 28.1 Å². The molecular weight excluding hydrogens is 308 g/mol. The van der Waals surface area contributed by atoms with Gasteiger partial charge in [-0.25, -0.2) is 12.7 Å². The van der Waals surface area contributed by atoms with Crippen LogP contribution in [-0.4, -0.2) is 63.4 Å². The van der Waals surface area contributed by atoms with Crippen molar-refractivity contribution in [1.29, 1.82) is 0 Å². The zero-order valence-electron chi connectivity index (χ0n) is 14.4. The van der Waals surface area contributed by atoms with Crippen molar-refractivity contribution in [3.05, 3.63) is 0 Å². The largest absolute Gasteiger partial charge is 0.462 e. The predicted molar refractivity (Wildman–Crippen MR) is 85.9 cm³/mol. The molecule has 0 saturated carbocycles. The predicted octanol–water partition coefficient (Wildman–Crippen LogP) is 0.588. The molecule has 0 aliphatic rings. The first-order chi connectivity index (χ1) is 9.98. The average molecular weight is 338 g/mol. The standard InChI is InChI=1S/C14H30N2O5S/c1-7-11(4)13(15)14(17)20-9-12(21-10(2)3)8-16(5)22(6,18)19/h10-13H,7-9,15H2,1-6H3/t11-,12-,13-/m0/s1. The Morgan fingerprint density at radius 3 is 2.23 bits per heavy atom. The van der Waals surface area contributed by atoms with Crippen molar-refractivity contribution in [2.24, 2.45) is 11.7 Å². The lowest BCUT2D eigenvalue weighted by molar-refractivity contribution is -0.152. The van der Waals surface area contributed by atoms with Gasteiger partial charge >= 0.3 is 5.97 Å². The van der Waals surface area contributed by atoms with Crippen LogP contribution in [0.25, 0.3) is 0 Å². The zero-order chi connectivity index (χ0) is 17.5. The second kappa shape index (κ2) is 9.44. The minimum atomic E-state index is -3.32. The number of rotatable bonds is 10. The van der Waals surface area contributed by atoms with Gasteiger partial charge in [-0.3, -0.25) is 4.79 Å². The van der Waals surface area contributed by atoms with Crippen molar-refractivity contribution in [3.8, 4) is 0 Å². The van der Waals surface area contributed by atoms with Gasteiger partial charge in [0.2, 0.25) is 10.0 Å². The van der Waals surface area contributed by atoms with Crippen molar-refractivity contribution in [2.45, 2.75) is 52.4 Å². The van der Waals surface area contributed by atoms with Gasteiger partial charge in [0.05, 0.1) is 12.4 Å². The number of hydrogen-bond acceptors (Lipinski definition) is 6. The third-order valence-electron chi connectivity index (χ3n) is 3.43. The summed E-state index contributed by atoms with van der Waals surface area (Å²) in [6, 6.07) is -0.683. The molecule has 0 aromatic heterocycles. The molecule has 0 aliphatic heterocycles. The summed E-state index contributed by atoms with van der Waals surface area (Å²) in [5, 5.41) is 0. The Bertz CT molecular complexity index is 439. The number of hydrogen-bond donors (Lipinski definition) is 1. The number of esters is 1. The smallest absolute Gasteiger partial charge is 0.323 e. The Balaban J connectivity index is 4.64. The van der Waals surface area contributed by atoms with Crippen molar-refractivity contribution < 1.29 is 22.7 Å². The van der Waals surface area contributed by atoms with E-state index in [1.807, 2.05) is 27.7 Å². The SMILES string of the molecule is CC[C@H](C)[C@H](N)C(=O)OC[C@H](CN(C)S(C)(=O)=O)OC(C)C. The lowest BCUT2D eigenvalue weighted by Crippen LogP contribution is -2.42. The Hall–Kier alpha value is -0.700. The van der Waals surface area contributed by atoms with Crippen LogP contribution in [0.2, 0.25) is 0 Å². The Kier molecular flexibility index (Phi) is 9.14. The summed E-state index contributed by atoms with van der Waals surface area (Å²) in [5.74, 6) is -0.468. The molecular formula is C14H30N2O5S. The van der Waals surface area contributed by atoms with Crippen molar-refractivity contribution in [2.75, 3.05) is 26.5 Å². The maximum atomic E-state index is 11.9. The molecule has 0 bridgehead atoms. The molecule has 2 N–H and O–H groups in total. The molecule has 8 heteroatoms. The Labute approximate surface area is 134 Å². The molecule has 132 valence electrons. The summed E-state index contributed by atoms with van der Waals surface area (Å²) < 4.78 is 34.9. The van der Waals surface area contributed by atoms with Crippen LogP contribution in [0, 0.1) is 5.92 Å². The molecule has 0 radical (unpaired) electrons. The first kappa shape index (κ1) is 21.3. The molecule has 0 aromatic carbocycles. The van der Waals surface area contributed by atoms with Gasteiger partial charge in [-0.2, -0.15) is 0 Å².